The molecule has 2 aromatic carbocycles. The number of hydrogen-bond acceptors (Lipinski definition) is 6. The lowest BCUT2D eigenvalue weighted by atomic mass is 10.0. The second-order valence-corrected chi connectivity index (χ2v) is 8.32. The van der Waals surface area contributed by atoms with Crippen molar-refractivity contribution >= 4 is 11.6 Å². The fourth-order valence-electron chi connectivity index (χ4n) is 3.82. The number of carbonyl (C=O) groups is 1. The van der Waals surface area contributed by atoms with E-state index in [1.807, 2.05) is 30.3 Å². The van der Waals surface area contributed by atoms with Gasteiger partial charge in [-0.15, -0.1) is 0 Å². The molecule has 7 nitrogen and oxygen atoms in total. The summed E-state index contributed by atoms with van der Waals surface area (Å²) in [5, 5.41) is 4.14. The molecule has 1 amide bonds. The Morgan fingerprint density at radius 3 is 2.62 bits per heavy atom. The van der Waals surface area contributed by atoms with Gasteiger partial charge in [0.2, 0.25) is 17.6 Å². The third-order valence-corrected chi connectivity index (χ3v) is 5.67. The van der Waals surface area contributed by atoms with Crippen LogP contribution in [0, 0.1) is 0 Å². The number of hydrogen-bond donors (Lipinski definition) is 0. The molecule has 0 aliphatic carbocycles. The summed E-state index contributed by atoms with van der Waals surface area (Å²) >= 11 is 0. The van der Waals surface area contributed by atoms with E-state index in [0.29, 0.717) is 48.7 Å². The van der Waals surface area contributed by atoms with Crippen LogP contribution in [-0.2, 0) is 4.79 Å². The third kappa shape index (κ3) is 4.47. The summed E-state index contributed by atoms with van der Waals surface area (Å²) in [6.45, 7) is 7.50. The van der Waals surface area contributed by atoms with Crippen LogP contribution in [0.2, 0.25) is 0 Å². The lowest BCUT2D eigenvalue weighted by Crippen LogP contribution is -2.24. The number of rotatable bonds is 8. The molecule has 7 heteroatoms. The highest BCUT2D eigenvalue weighted by Gasteiger charge is 2.35. The van der Waals surface area contributed by atoms with Crippen LogP contribution in [0.5, 0.6) is 11.5 Å². The number of ether oxygens (including phenoxy) is 2. The SMILES string of the molecule is CCCOc1ccc(-c2noc(C3CC(=O)N(c4ccc(C(C)C)cc4)C3)n2)cc1OC. The molecule has 168 valence electrons. The van der Waals surface area contributed by atoms with E-state index in [2.05, 4.69) is 43.0 Å². The number of methoxy groups -OCH3 is 1. The molecule has 3 aromatic rings. The van der Waals surface area contributed by atoms with Crippen LogP contribution in [-0.4, -0.2) is 36.3 Å². The molecule has 0 saturated carbocycles. The van der Waals surface area contributed by atoms with Crippen molar-refractivity contribution in [2.75, 3.05) is 25.2 Å². The fraction of sp³-hybridized carbons (Fsp3) is 0.400. The molecule has 0 bridgehead atoms. The summed E-state index contributed by atoms with van der Waals surface area (Å²) in [6, 6.07) is 13.7. The lowest BCUT2D eigenvalue weighted by Gasteiger charge is -2.17. The number of anilines is 1. The predicted octanol–water partition coefficient (Wildman–Crippen LogP) is 5.18. The smallest absolute Gasteiger partial charge is 0.232 e. The first-order valence-corrected chi connectivity index (χ1v) is 11.0. The van der Waals surface area contributed by atoms with Crippen molar-refractivity contribution in [3.8, 4) is 22.9 Å². The molecule has 1 fully saturated rings. The topological polar surface area (TPSA) is 77.7 Å². The van der Waals surface area contributed by atoms with Gasteiger partial charge in [0.15, 0.2) is 11.5 Å². The standard InChI is InChI=1S/C25H29N3O4/c1-5-12-31-21-11-8-18(13-22(21)30-4)24-26-25(32-27-24)19-14-23(29)28(15-19)20-9-6-17(7-10-20)16(2)3/h6-11,13,16,19H,5,12,14-15H2,1-4H3. The zero-order valence-electron chi connectivity index (χ0n) is 19.0. The van der Waals surface area contributed by atoms with Crippen molar-refractivity contribution < 1.29 is 18.8 Å². The van der Waals surface area contributed by atoms with Crippen molar-refractivity contribution in [1.29, 1.82) is 0 Å². The molecule has 4 rings (SSSR count). The normalized spacial score (nSPS) is 16.1. The molecule has 0 radical (unpaired) electrons. The maximum absolute atomic E-state index is 12.7. The highest BCUT2D eigenvalue weighted by Crippen LogP contribution is 2.35. The molecule has 2 heterocycles. The van der Waals surface area contributed by atoms with E-state index in [1.54, 1.807) is 12.0 Å². The summed E-state index contributed by atoms with van der Waals surface area (Å²) in [7, 11) is 1.60. The first-order valence-electron chi connectivity index (χ1n) is 11.0. The Morgan fingerprint density at radius 2 is 1.94 bits per heavy atom. The van der Waals surface area contributed by atoms with E-state index in [9.17, 15) is 4.79 Å². The maximum Gasteiger partial charge on any atom is 0.232 e. The van der Waals surface area contributed by atoms with Crippen molar-refractivity contribution in [3.05, 3.63) is 53.9 Å². The van der Waals surface area contributed by atoms with E-state index < -0.39 is 0 Å². The number of benzene rings is 2. The van der Waals surface area contributed by atoms with Gasteiger partial charge in [-0.2, -0.15) is 4.98 Å². The minimum Gasteiger partial charge on any atom is -0.493 e. The number of nitrogens with zero attached hydrogens (tertiary/aromatic N) is 3. The van der Waals surface area contributed by atoms with Gasteiger partial charge in [-0.3, -0.25) is 4.79 Å². The van der Waals surface area contributed by atoms with Crippen LogP contribution in [0.4, 0.5) is 5.69 Å². The second kappa shape index (κ2) is 9.42. The molecular formula is C25H29N3O4. The number of carbonyl (C=O) groups excluding carboxylic acids is 1. The highest BCUT2D eigenvalue weighted by molar-refractivity contribution is 5.96. The van der Waals surface area contributed by atoms with Crippen LogP contribution in [0.1, 0.15) is 56.9 Å². The summed E-state index contributed by atoms with van der Waals surface area (Å²) in [4.78, 5) is 19.0. The van der Waals surface area contributed by atoms with Gasteiger partial charge in [0, 0.05) is 24.2 Å². The van der Waals surface area contributed by atoms with Gasteiger partial charge in [0.25, 0.3) is 0 Å². The molecule has 1 aliphatic heterocycles. The van der Waals surface area contributed by atoms with Gasteiger partial charge in [-0.05, 0) is 48.2 Å². The Bertz CT molecular complexity index is 1080. The van der Waals surface area contributed by atoms with Crippen LogP contribution in [0.25, 0.3) is 11.4 Å². The Labute approximate surface area is 188 Å². The summed E-state index contributed by atoms with van der Waals surface area (Å²) in [5.41, 5.74) is 2.92. The summed E-state index contributed by atoms with van der Waals surface area (Å²) < 4.78 is 16.7. The van der Waals surface area contributed by atoms with Gasteiger partial charge < -0.3 is 18.9 Å². The molecule has 0 spiro atoms. The highest BCUT2D eigenvalue weighted by atomic mass is 16.5. The zero-order chi connectivity index (χ0) is 22.7. The molecule has 1 aliphatic rings. The van der Waals surface area contributed by atoms with E-state index in [-0.39, 0.29) is 11.8 Å². The average molecular weight is 436 g/mol. The van der Waals surface area contributed by atoms with Crippen molar-refractivity contribution in [2.45, 2.75) is 45.4 Å². The minimum absolute atomic E-state index is 0.0612. The largest absolute Gasteiger partial charge is 0.493 e. The summed E-state index contributed by atoms with van der Waals surface area (Å²) in [6.07, 6.45) is 1.26. The predicted molar refractivity (Wildman–Crippen MR) is 122 cm³/mol. The van der Waals surface area contributed by atoms with E-state index in [0.717, 1.165) is 17.7 Å². The Hall–Kier alpha value is -3.35. The average Bonchev–Trinajstić information content (AvgIpc) is 3.44. The molecular weight excluding hydrogens is 406 g/mol. The van der Waals surface area contributed by atoms with Crippen molar-refractivity contribution in [3.63, 3.8) is 0 Å². The Balaban J connectivity index is 1.50. The molecule has 0 N–H and O–H groups in total. The van der Waals surface area contributed by atoms with Crippen LogP contribution < -0.4 is 14.4 Å². The van der Waals surface area contributed by atoms with Gasteiger partial charge >= 0.3 is 0 Å². The molecule has 32 heavy (non-hydrogen) atoms. The van der Waals surface area contributed by atoms with Crippen molar-refractivity contribution in [1.82, 2.24) is 10.1 Å². The van der Waals surface area contributed by atoms with Crippen LogP contribution in [0.3, 0.4) is 0 Å². The fourth-order valence-corrected chi connectivity index (χ4v) is 3.82. The monoisotopic (exact) mass is 435 g/mol. The number of aromatic nitrogens is 2. The Morgan fingerprint density at radius 1 is 1.16 bits per heavy atom. The van der Waals surface area contributed by atoms with E-state index >= 15 is 0 Å². The van der Waals surface area contributed by atoms with Gasteiger partial charge in [0.05, 0.1) is 19.6 Å². The third-order valence-electron chi connectivity index (χ3n) is 5.67. The van der Waals surface area contributed by atoms with Crippen LogP contribution >= 0.6 is 0 Å². The first kappa shape index (κ1) is 21.9. The van der Waals surface area contributed by atoms with Crippen molar-refractivity contribution in [2.24, 2.45) is 0 Å². The zero-order valence-corrected chi connectivity index (χ0v) is 19.0. The van der Waals surface area contributed by atoms with Crippen LogP contribution in [0.15, 0.2) is 47.0 Å². The molecule has 1 saturated heterocycles. The molecule has 1 atom stereocenters. The van der Waals surface area contributed by atoms with Gasteiger partial charge in [-0.25, -0.2) is 0 Å². The first-order chi connectivity index (χ1) is 15.5. The molecule has 1 aromatic heterocycles. The van der Waals surface area contributed by atoms with E-state index in [4.69, 9.17) is 14.0 Å². The lowest BCUT2D eigenvalue weighted by molar-refractivity contribution is -0.117. The quantitative estimate of drug-likeness (QED) is 0.485. The van der Waals surface area contributed by atoms with Gasteiger partial charge in [-0.1, -0.05) is 38.1 Å². The summed E-state index contributed by atoms with van der Waals surface area (Å²) in [5.74, 6) is 2.62. The second-order valence-electron chi connectivity index (χ2n) is 8.32. The Kier molecular flexibility index (Phi) is 6.44. The maximum atomic E-state index is 12.7. The van der Waals surface area contributed by atoms with Gasteiger partial charge in [0.1, 0.15) is 0 Å². The van der Waals surface area contributed by atoms with E-state index in [1.165, 1.54) is 5.56 Å². The molecule has 1 unspecified atom stereocenters. The number of amides is 1. The minimum atomic E-state index is -0.136.